The molecule has 2 saturated carbocycles. The van der Waals surface area contributed by atoms with Crippen molar-refractivity contribution in [2.24, 2.45) is 35.5 Å². The molecule has 1 aromatic rings. The molecule has 6 rings (SSSR count). The van der Waals surface area contributed by atoms with Gasteiger partial charge in [0.15, 0.2) is 0 Å². The Morgan fingerprint density at radius 1 is 1.08 bits per heavy atom. The average molecular weight is 350 g/mol. The van der Waals surface area contributed by atoms with Crippen LogP contribution in [0.4, 0.5) is 5.69 Å². The first-order valence-corrected chi connectivity index (χ1v) is 9.36. The Morgan fingerprint density at radius 2 is 1.69 bits per heavy atom. The van der Waals surface area contributed by atoms with Gasteiger partial charge >= 0.3 is 0 Å². The third-order valence-electron chi connectivity index (χ3n) is 6.72. The van der Waals surface area contributed by atoms with E-state index in [2.05, 4.69) is 17.5 Å². The van der Waals surface area contributed by atoms with Crippen LogP contribution in [0.5, 0.6) is 0 Å². The maximum atomic E-state index is 12.9. The molecule has 0 radical (unpaired) electrons. The molecule has 4 aliphatic carbocycles. The molecular weight excluding hydrogens is 328 g/mol. The van der Waals surface area contributed by atoms with Crippen LogP contribution < -0.4 is 5.32 Å². The summed E-state index contributed by atoms with van der Waals surface area (Å²) in [5.74, 6) is 0.436. The molecule has 1 saturated heterocycles. The third-order valence-corrected chi connectivity index (χ3v) is 6.72. The molecule has 5 nitrogen and oxygen atoms in total. The number of anilines is 1. The third kappa shape index (κ3) is 2.12. The summed E-state index contributed by atoms with van der Waals surface area (Å²) < 4.78 is 0. The van der Waals surface area contributed by atoms with Crippen molar-refractivity contribution in [1.29, 1.82) is 0 Å². The monoisotopic (exact) mass is 350 g/mol. The highest BCUT2D eigenvalue weighted by Gasteiger charge is 2.67. The van der Waals surface area contributed by atoms with Crippen LogP contribution in [0, 0.1) is 49.4 Å². The van der Waals surface area contributed by atoms with E-state index in [1.807, 2.05) is 32.0 Å². The van der Waals surface area contributed by atoms with Crippen LogP contribution in [0.2, 0.25) is 0 Å². The second-order valence-electron chi connectivity index (χ2n) is 8.28. The summed E-state index contributed by atoms with van der Waals surface area (Å²) >= 11 is 0. The van der Waals surface area contributed by atoms with Crippen molar-refractivity contribution < 1.29 is 14.4 Å². The number of imide groups is 1. The molecule has 1 aromatic carbocycles. The van der Waals surface area contributed by atoms with E-state index in [4.69, 9.17) is 0 Å². The number of amides is 3. The van der Waals surface area contributed by atoms with Crippen LogP contribution in [-0.2, 0) is 14.4 Å². The van der Waals surface area contributed by atoms with Crippen molar-refractivity contribution in [3.05, 3.63) is 41.5 Å². The van der Waals surface area contributed by atoms with E-state index in [-0.39, 0.29) is 47.9 Å². The van der Waals surface area contributed by atoms with Crippen LogP contribution in [0.1, 0.15) is 17.5 Å². The van der Waals surface area contributed by atoms with Crippen LogP contribution >= 0.6 is 0 Å². The summed E-state index contributed by atoms with van der Waals surface area (Å²) in [4.78, 5) is 39.5. The minimum absolute atomic E-state index is 0.152. The maximum absolute atomic E-state index is 12.9. The normalized spacial score (nSPS) is 36.2. The first-order valence-electron chi connectivity index (χ1n) is 9.36. The molecule has 1 N–H and O–H groups in total. The number of allylic oxidation sites excluding steroid dienone is 2. The van der Waals surface area contributed by atoms with Gasteiger partial charge in [-0.05, 0) is 61.1 Å². The van der Waals surface area contributed by atoms with E-state index in [1.165, 1.54) is 4.90 Å². The van der Waals surface area contributed by atoms with E-state index in [0.29, 0.717) is 11.8 Å². The van der Waals surface area contributed by atoms with Gasteiger partial charge in [0.05, 0.1) is 11.8 Å². The molecule has 1 aliphatic heterocycles. The van der Waals surface area contributed by atoms with E-state index < -0.39 is 0 Å². The van der Waals surface area contributed by atoms with Gasteiger partial charge in [0, 0.05) is 5.69 Å². The van der Waals surface area contributed by atoms with Gasteiger partial charge in [0.2, 0.25) is 17.7 Å². The summed E-state index contributed by atoms with van der Waals surface area (Å²) in [5, 5.41) is 2.86. The summed E-state index contributed by atoms with van der Waals surface area (Å²) in [6.45, 7) is 3.69. The minimum Gasteiger partial charge on any atom is -0.324 e. The van der Waals surface area contributed by atoms with Crippen molar-refractivity contribution in [2.45, 2.75) is 20.3 Å². The zero-order valence-electron chi connectivity index (χ0n) is 14.9. The number of carbonyl (C=O) groups excluding carboxylic acids is 3. The fraction of sp³-hybridized carbons (Fsp3) is 0.476. The van der Waals surface area contributed by atoms with E-state index in [0.717, 1.165) is 23.2 Å². The first-order chi connectivity index (χ1) is 12.5. The van der Waals surface area contributed by atoms with Gasteiger partial charge in [-0.15, -0.1) is 0 Å². The number of nitrogens with one attached hydrogen (secondary N) is 1. The number of hydrogen-bond acceptors (Lipinski definition) is 3. The van der Waals surface area contributed by atoms with Gasteiger partial charge in [-0.25, -0.2) is 0 Å². The fourth-order valence-electron chi connectivity index (χ4n) is 5.38. The molecule has 2 bridgehead atoms. The number of rotatable bonds is 3. The van der Waals surface area contributed by atoms with Crippen LogP contribution in [0.15, 0.2) is 30.4 Å². The van der Waals surface area contributed by atoms with E-state index in [9.17, 15) is 14.4 Å². The lowest BCUT2D eigenvalue weighted by Gasteiger charge is -2.37. The van der Waals surface area contributed by atoms with Crippen molar-refractivity contribution in [1.82, 2.24) is 4.90 Å². The zero-order chi connectivity index (χ0) is 18.2. The number of aryl methyl sites for hydroxylation is 2. The second kappa shape index (κ2) is 5.29. The summed E-state index contributed by atoms with van der Waals surface area (Å²) in [5.41, 5.74) is 2.74. The van der Waals surface area contributed by atoms with Crippen molar-refractivity contribution in [3.63, 3.8) is 0 Å². The lowest BCUT2D eigenvalue weighted by Crippen LogP contribution is -2.40. The molecular formula is C21H22N2O3. The van der Waals surface area contributed by atoms with Gasteiger partial charge in [-0.3, -0.25) is 19.3 Å². The predicted molar refractivity (Wildman–Crippen MR) is 96.0 cm³/mol. The number of nitrogens with zero attached hydrogens (tertiary/aromatic N) is 1. The van der Waals surface area contributed by atoms with Gasteiger partial charge in [-0.2, -0.15) is 0 Å². The van der Waals surface area contributed by atoms with E-state index >= 15 is 0 Å². The lowest BCUT2D eigenvalue weighted by molar-refractivity contribution is -0.142. The molecule has 5 aliphatic rings. The minimum atomic E-state index is -0.315. The Morgan fingerprint density at radius 3 is 2.31 bits per heavy atom. The highest BCUT2D eigenvalue weighted by atomic mass is 16.2. The largest absolute Gasteiger partial charge is 0.324 e. The van der Waals surface area contributed by atoms with Crippen LogP contribution in [0.3, 0.4) is 0 Å². The number of carbonyl (C=O) groups is 3. The summed E-state index contributed by atoms with van der Waals surface area (Å²) in [6.07, 6.45) is 5.43. The number of hydrogen-bond donors (Lipinski definition) is 1. The van der Waals surface area contributed by atoms with Gasteiger partial charge < -0.3 is 5.32 Å². The molecule has 0 aromatic heterocycles. The Labute approximate surface area is 152 Å². The molecule has 134 valence electrons. The quantitative estimate of drug-likeness (QED) is 0.672. The SMILES string of the molecule is Cc1ccc(C)c(NC(=O)CN2C(=O)[C@@H]3[C@H]4C=C[C@@H]([C@@H]5C[C@H]45)[C@@H]3C2=O)c1. The van der Waals surface area contributed by atoms with Gasteiger partial charge in [-0.1, -0.05) is 24.3 Å². The Kier molecular flexibility index (Phi) is 3.21. The Hall–Kier alpha value is -2.43. The Bertz CT molecular complexity index is 838. The molecule has 3 fully saturated rings. The molecule has 1 heterocycles. The molecule has 26 heavy (non-hydrogen) atoms. The topological polar surface area (TPSA) is 66.5 Å². The molecule has 3 amide bonds. The van der Waals surface area contributed by atoms with Crippen molar-refractivity contribution in [3.8, 4) is 0 Å². The average Bonchev–Trinajstić information content (AvgIpc) is 3.39. The summed E-state index contributed by atoms with van der Waals surface area (Å²) in [6, 6.07) is 5.83. The zero-order valence-corrected chi connectivity index (χ0v) is 14.9. The lowest BCUT2D eigenvalue weighted by atomic mass is 9.63. The highest BCUT2D eigenvalue weighted by Crippen LogP contribution is 2.65. The molecule has 5 heteroatoms. The highest BCUT2D eigenvalue weighted by molar-refractivity contribution is 6.09. The standard InChI is InChI=1S/C21H22N2O3/c1-10-3-4-11(2)16(7-10)22-17(24)9-23-20(25)18-12-5-6-13(15-8-14(12)15)19(18)21(23)26/h3-7,12-15,18-19H,8-9H2,1-2H3,(H,22,24)/t12-,13-,14-,15+,18-,19+/m0/s1. The fourth-order valence-corrected chi connectivity index (χ4v) is 5.38. The van der Waals surface area contributed by atoms with Crippen molar-refractivity contribution in [2.75, 3.05) is 11.9 Å². The first kappa shape index (κ1) is 15.8. The number of likely N-dealkylation sites (tertiary alicyclic amines) is 1. The maximum Gasteiger partial charge on any atom is 0.244 e. The Balaban J connectivity index is 1.34. The van der Waals surface area contributed by atoms with Gasteiger partial charge in [0.25, 0.3) is 0 Å². The molecule has 0 spiro atoms. The molecule has 0 unspecified atom stereocenters. The second-order valence-corrected chi connectivity index (χ2v) is 8.28. The predicted octanol–water partition coefficient (Wildman–Crippen LogP) is 2.30. The molecule has 6 atom stereocenters. The summed E-state index contributed by atoms with van der Waals surface area (Å²) in [7, 11) is 0. The number of benzene rings is 1. The van der Waals surface area contributed by atoms with Crippen LogP contribution in [-0.4, -0.2) is 29.2 Å². The van der Waals surface area contributed by atoms with Crippen LogP contribution in [0.25, 0.3) is 0 Å². The van der Waals surface area contributed by atoms with Crippen molar-refractivity contribution >= 4 is 23.4 Å². The van der Waals surface area contributed by atoms with E-state index in [1.54, 1.807) is 0 Å². The smallest absolute Gasteiger partial charge is 0.244 e. The van der Waals surface area contributed by atoms with Gasteiger partial charge in [0.1, 0.15) is 6.54 Å².